The molecule has 0 unspecified atom stereocenters. The number of pyridine rings is 1. The first-order valence-corrected chi connectivity index (χ1v) is 18.4. The number of hydrogen-bond acceptors (Lipinski definition) is 9. The number of ether oxygens (including phenoxy) is 2. The van der Waals surface area contributed by atoms with E-state index in [1.165, 1.54) is 6.07 Å². The number of nitro benzene ring substituents is 1. The molecule has 2 heterocycles. The van der Waals surface area contributed by atoms with Gasteiger partial charge in [0.05, 0.1) is 0 Å². The summed E-state index contributed by atoms with van der Waals surface area (Å²) in [5.41, 5.74) is 1.71. The van der Waals surface area contributed by atoms with Gasteiger partial charge in [0.15, 0.2) is 0 Å². The van der Waals surface area contributed by atoms with Gasteiger partial charge < -0.3 is 0 Å². The van der Waals surface area contributed by atoms with E-state index in [4.69, 9.17) is 18.6 Å². The van der Waals surface area contributed by atoms with Crippen LogP contribution in [-0.2, 0) is 37.6 Å². The second kappa shape index (κ2) is 12.4. The van der Waals surface area contributed by atoms with Crippen molar-refractivity contribution >= 4 is 41.3 Å². The Morgan fingerprint density at radius 2 is 1.89 bits per heavy atom. The molecule has 238 valence electrons. The molecule has 0 radical (unpaired) electrons. The normalized spacial score (nSPS) is 25.5. The van der Waals surface area contributed by atoms with Crippen molar-refractivity contribution in [3.05, 3.63) is 93.7 Å². The molecule has 1 saturated carbocycles. The van der Waals surface area contributed by atoms with Gasteiger partial charge in [-0.05, 0) is 0 Å². The number of benzene rings is 2. The number of likely N-dealkylation sites (tertiary alicyclic amines) is 1. The molecular formula is C32H35N3O8SSe. The van der Waals surface area contributed by atoms with Gasteiger partial charge in [-0.15, -0.1) is 0 Å². The van der Waals surface area contributed by atoms with Crippen molar-refractivity contribution in [1.29, 1.82) is 0 Å². The van der Waals surface area contributed by atoms with Crippen LogP contribution in [0.4, 0.5) is 10.5 Å². The minimum atomic E-state index is -3.83. The van der Waals surface area contributed by atoms with Crippen molar-refractivity contribution in [2.75, 3.05) is 26.5 Å². The third-order valence-electron chi connectivity index (χ3n) is 9.22. The Balaban J connectivity index is 1.48. The van der Waals surface area contributed by atoms with Crippen LogP contribution in [0.15, 0.2) is 66.7 Å². The van der Waals surface area contributed by atoms with Gasteiger partial charge in [-0.25, -0.2) is 0 Å². The molecule has 2 fully saturated rings. The minimum absolute atomic E-state index is 0.00409. The average Bonchev–Trinajstić information content (AvgIpc) is 3.02. The van der Waals surface area contributed by atoms with Crippen molar-refractivity contribution in [3.63, 3.8) is 0 Å². The Labute approximate surface area is 268 Å². The maximum atomic E-state index is 14.1. The molecule has 0 spiro atoms. The van der Waals surface area contributed by atoms with Crippen molar-refractivity contribution < 1.29 is 31.8 Å². The molecule has 1 aliphatic heterocycles. The fraction of sp³-hybridized carbons (Fsp3) is 0.438. The first kappa shape index (κ1) is 31.5. The van der Waals surface area contributed by atoms with E-state index in [1.54, 1.807) is 31.4 Å². The van der Waals surface area contributed by atoms with E-state index in [-0.39, 0.29) is 30.7 Å². The van der Waals surface area contributed by atoms with Gasteiger partial charge >= 0.3 is 269 Å². The zero-order valence-electron chi connectivity index (χ0n) is 25.1. The summed E-state index contributed by atoms with van der Waals surface area (Å²) >= 11 is -0.591. The molecule has 2 aliphatic carbocycles. The third kappa shape index (κ3) is 6.18. The van der Waals surface area contributed by atoms with Crippen LogP contribution in [0.1, 0.15) is 42.5 Å². The van der Waals surface area contributed by atoms with E-state index in [9.17, 15) is 23.3 Å². The van der Waals surface area contributed by atoms with Gasteiger partial charge in [-0.2, -0.15) is 0 Å². The Kier molecular flexibility index (Phi) is 8.64. The van der Waals surface area contributed by atoms with Crippen molar-refractivity contribution in [2.45, 2.75) is 48.6 Å². The number of carbonyl (C=O) groups excluding carboxylic acids is 1. The number of piperidine rings is 1. The van der Waals surface area contributed by atoms with Crippen LogP contribution < -0.4 is 9.20 Å². The van der Waals surface area contributed by atoms with Gasteiger partial charge in [-0.3, -0.25) is 0 Å². The Bertz CT molecular complexity index is 1710. The van der Waals surface area contributed by atoms with Crippen LogP contribution in [0.25, 0.3) is 0 Å². The second-order valence-corrected chi connectivity index (χ2v) is 16.8. The standard InChI is InChI=1S/C32H35N3O8SSe/c1-41-29-15-14-25-26(33-29)17-23-18-31(21-43-44(2,39)40,45-28-13-7-6-12-27(28)35(37)38)20-32(25)24(23)11-8-16-34(32)30(36)42-19-22-9-4-3-5-10-22/h3-7,9-10,12-15,23-24H,8,11,16-21H2,1-2H3/t23-,24-,31+,32-/m1/s1. The molecule has 4 atom stereocenters. The number of carbonyl (C=O) groups is 1. The first-order chi connectivity index (χ1) is 21.5. The summed E-state index contributed by atoms with van der Waals surface area (Å²) in [5, 5.41) is 12.1. The summed E-state index contributed by atoms with van der Waals surface area (Å²) in [6, 6.07) is 19.9. The summed E-state index contributed by atoms with van der Waals surface area (Å²) in [6.07, 6.45) is 3.77. The summed E-state index contributed by atoms with van der Waals surface area (Å²) in [6.45, 7) is 0.412. The monoisotopic (exact) mass is 701 g/mol. The van der Waals surface area contributed by atoms with E-state index in [2.05, 4.69) is 0 Å². The molecule has 1 amide bonds. The quantitative estimate of drug-likeness (QED) is 0.138. The van der Waals surface area contributed by atoms with E-state index in [0.29, 0.717) is 36.1 Å². The van der Waals surface area contributed by atoms with E-state index >= 15 is 0 Å². The maximum absolute atomic E-state index is 14.1. The molecule has 1 saturated heterocycles. The number of amides is 1. The molecule has 2 bridgehead atoms. The Morgan fingerprint density at radius 3 is 2.62 bits per heavy atom. The van der Waals surface area contributed by atoms with Gasteiger partial charge in [0.1, 0.15) is 0 Å². The zero-order chi connectivity index (χ0) is 31.8. The molecule has 1 aromatic heterocycles. The molecule has 3 aromatic rings. The molecule has 45 heavy (non-hydrogen) atoms. The van der Waals surface area contributed by atoms with E-state index in [1.807, 2.05) is 41.3 Å². The average molecular weight is 701 g/mol. The summed E-state index contributed by atoms with van der Waals surface area (Å²) in [7, 11) is -2.27. The number of nitro groups is 1. The number of fused-ring (bicyclic) bond motifs is 1. The van der Waals surface area contributed by atoms with Crippen LogP contribution in [0.5, 0.6) is 5.88 Å². The summed E-state index contributed by atoms with van der Waals surface area (Å²) < 4.78 is 41.5. The number of rotatable bonds is 9. The number of hydrogen-bond donors (Lipinski definition) is 0. The fourth-order valence-electron chi connectivity index (χ4n) is 7.60. The van der Waals surface area contributed by atoms with Gasteiger partial charge in [0.25, 0.3) is 0 Å². The Morgan fingerprint density at radius 1 is 1.13 bits per heavy atom. The van der Waals surface area contributed by atoms with Crippen LogP contribution in [0.2, 0.25) is 4.31 Å². The SMILES string of the molecule is COc1ccc2c(n1)C[C@@H]1C[C@](COS(C)(=O)=O)([Se]c3ccccc3[N+](=O)[O-])C[C@@]23[C@@H]1CCCN3C(=O)OCc1ccccc1. The van der Waals surface area contributed by atoms with Crippen LogP contribution in [0, 0.1) is 22.0 Å². The first-order valence-electron chi connectivity index (χ1n) is 14.8. The van der Waals surface area contributed by atoms with E-state index in [0.717, 1.165) is 35.9 Å². The number of para-hydroxylation sites is 1. The summed E-state index contributed by atoms with van der Waals surface area (Å²) in [5.74, 6) is 0.556. The molecule has 13 heteroatoms. The molecular weight excluding hydrogens is 665 g/mol. The third-order valence-corrected chi connectivity index (χ3v) is 12.8. The summed E-state index contributed by atoms with van der Waals surface area (Å²) in [4.78, 5) is 32.5. The number of aromatic nitrogens is 1. The second-order valence-electron chi connectivity index (χ2n) is 12.0. The van der Waals surface area contributed by atoms with Crippen molar-refractivity contribution in [3.8, 4) is 5.88 Å². The van der Waals surface area contributed by atoms with Crippen LogP contribution >= 0.6 is 0 Å². The van der Waals surface area contributed by atoms with Gasteiger partial charge in [-0.1, -0.05) is 0 Å². The predicted molar refractivity (Wildman–Crippen MR) is 167 cm³/mol. The van der Waals surface area contributed by atoms with Gasteiger partial charge in [0, 0.05) is 0 Å². The molecule has 11 nitrogen and oxygen atoms in total. The zero-order valence-corrected chi connectivity index (χ0v) is 27.6. The van der Waals surface area contributed by atoms with E-state index < -0.39 is 45.9 Å². The molecule has 0 N–H and O–H groups in total. The molecule has 3 aliphatic rings. The van der Waals surface area contributed by atoms with Crippen molar-refractivity contribution in [2.24, 2.45) is 11.8 Å². The van der Waals surface area contributed by atoms with Crippen LogP contribution in [-0.4, -0.2) is 70.8 Å². The van der Waals surface area contributed by atoms with Crippen molar-refractivity contribution in [1.82, 2.24) is 9.88 Å². The predicted octanol–water partition coefficient (Wildman–Crippen LogP) is 4.37. The van der Waals surface area contributed by atoms with Gasteiger partial charge in [0.2, 0.25) is 0 Å². The number of nitrogens with zero attached hydrogens (tertiary/aromatic N) is 3. The topological polar surface area (TPSA) is 138 Å². The molecule has 2 aromatic carbocycles. The molecule has 6 rings (SSSR count). The number of methoxy groups -OCH3 is 1. The fourth-order valence-corrected chi connectivity index (χ4v) is 11.5. The Hall–Kier alpha value is -3.51. The van der Waals surface area contributed by atoms with Crippen LogP contribution in [0.3, 0.4) is 0 Å².